The third-order valence-corrected chi connectivity index (χ3v) is 3.94. The second-order valence-electron chi connectivity index (χ2n) is 5.00. The van der Waals surface area contributed by atoms with E-state index in [0.29, 0.717) is 17.7 Å². The van der Waals surface area contributed by atoms with E-state index in [1.165, 1.54) is 5.56 Å². The number of benzene rings is 2. The summed E-state index contributed by atoms with van der Waals surface area (Å²) in [4.78, 5) is 17.7. The van der Waals surface area contributed by atoms with E-state index >= 15 is 0 Å². The molecule has 4 heteroatoms. The number of oxime groups is 1. The Bertz CT molecular complexity index is 665. The number of rotatable bonds is 4. The van der Waals surface area contributed by atoms with Crippen LogP contribution in [0.1, 0.15) is 22.3 Å². The molecule has 1 aliphatic rings. The Hall–Kier alpha value is -1.94. The second-order valence-corrected chi connectivity index (χ2v) is 5.91. The Kier molecular flexibility index (Phi) is 4.15. The average molecular weight is 344 g/mol. The van der Waals surface area contributed by atoms with Crippen molar-refractivity contribution in [1.82, 2.24) is 0 Å². The standard InChI is InChI=1S/C17H14BrNO2/c18-14-8-6-13(7-9-14)17(20)16-11-15(21-19-16)10-12-4-2-1-3-5-12/h1-9,15H,10-11H2. The SMILES string of the molecule is O=C(C1=NOC(Cc2ccccc2)C1)c1ccc(Br)cc1. The maximum Gasteiger partial charge on any atom is 0.210 e. The van der Waals surface area contributed by atoms with Gasteiger partial charge in [-0.2, -0.15) is 0 Å². The molecule has 1 heterocycles. The van der Waals surface area contributed by atoms with Gasteiger partial charge in [-0.05, 0) is 29.8 Å². The first kappa shape index (κ1) is 14.0. The van der Waals surface area contributed by atoms with E-state index in [-0.39, 0.29) is 11.9 Å². The minimum atomic E-state index is -0.0574. The molecule has 21 heavy (non-hydrogen) atoms. The fourth-order valence-electron chi connectivity index (χ4n) is 2.32. The Labute approximate surface area is 131 Å². The molecule has 0 fully saturated rings. The third-order valence-electron chi connectivity index (χ3n) is 3.41. The van der Waals surface area contributed by atoms with E-state index in [0.717, 1.165) is 10.9 Å². The Morgan fingerprint density at radius 1 is 1.14 bits per heavy atom. The lowest BCUT2D eigenvalue weighted by molar-refractivity contribution is 0.0858. The van der Waals surface area contributed by atoms with Crippen LogP contribution in [0.25, 0.3) is 0 Å². The number of carbonyl (C=O) groups excluding carboxylic acids is 1. The van der Waals surface area contributed by atoms with Crippen molar-refractivity contribution in [3.63, 3.8) is 0 Å². The minimum Gasteiger partial charge on any atom is -0.391 e. The molecule has 106 valence electrons. The van der Waals surface area contributed by atoms with Crippen LogP contribution in [0.3, 0.4) is 0 Å². The molecule has 0 saturated heterocycles. The van der Waals surface area contributed by atoms with Crippen LogP contribution in [0, 0.1) is 0 Å². The molecule has 0 bridgehead atoms. The normalized spacial score (nSPS) is 17.2. The van der Waals surface area contributed by atoms with Crippen molar-refractivity contribution in [1.29, 1.82) is 0 Å². The van der Waals surface area contributed by atoms with Crippen LogP contribution in [-0.2, 0) is 11.3 Å². The fraction of sp³-hybridized carbons (Fsp3) is 0.176. The first-order chi connectivity index (χ1) is 10.2. The van der Waals surface area contributed by atoms with E-state index in [1.54, 1.807) is 12.1 Å². The molecule has 0 N–H and O–H groups in total. The van der Waals surface area contributed by atoms with E-state index in [2.05, 4.69) is 33.2 Å². The van der Waals surface area contributed by atoms with Gasteiger partial charge in [0.2, 0.25) is 5.78 Å². The van der Waals surface area contributed by atoms with Crippen molar-refractivity contribution in [2.45, 2.75) is 18.9 Å². The van der Waals surface area contributed by atoms with Crippen LogP contribution in [0.15, 0.2) is 64.2 Å². The van der Waals surface area contributed by atoms with Gasteiger partial charge in [-0.15, -0.1) is 0 Å². The number of hydrogen-bond donors (Lipinski definition) is 0. The van der Waals surface area contributed by atoms with Crippen LogP contribution in [0.4, 0.5) is 0 Å². The van der Waals surface area contributed by atoms with Gasteiger partial charge in [-0.3, -0.25) is 4.79 Å². The summed E-state index contributed by atoms with van der Waals surface area (Å²) in [7, 11) is 0. The van der Waals surface area contributed by atoms with Crippen LogP contribution >= 0.6 is 15.9 Å². The van der Waals surface area contributed by atoms with Gasteiger partial charge in [-0.1, -0.05) is 51.4 Å². The number of nitrogens with zero attached hydrogens (tertiary/aromatic N) is 1. The molecular weight excluding hydrogens is 330 g/mol. The lowest BCUT2D eigenvalue weighted by Crippen LogP contribution is -2.17. The lowest BCUT2D eigenvalue weighted by Gasteiger charge is -2.07. The molecule has 1 aliphatic heterocycles. The summed E-state index contributed by atoms with van der Waals surface area (Å²) in [6.07, 6.45) is 1.27. The molecule has 3 nitrogen and oxygen atoms in total. The maximum absolute atomic E-state index is 12.3. The van der Waals surface area contributed by atoms with Crippen LogP contribution in [-0.4, -0.2) is 17.6 Å². The van der Waals surface area contributed by atoms with Gasteiger partial charge in [-0.25, -0.2) is 0 Å². The van der Waals surface area contributed by atoms with E-state index in [9.17, 15) is 4.79 Å². The van der Waals surface area contributed by atoms with Crippen molar-refractivity contribution in [2.75, 3.05) is 0 Å². The highest BCUT2D eigenvalue weighted by Gasteiger charge is 2.26. The van der Waals surface area contributed by atoms with Gasteiger partial charge >= 0.3 is 0 Å². The van der Waals surface area contributed by atoms with Gasteiger partial charge in [0, 0.05) is 22.9 Å². The Morgan fingerprint density at radius 2 is 1.86 bits per heavy atom. The molecule has 0 spiro atoms. The summed E-state index contributed by atoms with van der Waals surface area (Å²) in [5.74, 6) is -0.0574. The van der Waals surface area contributed by atoms with Gasteiger partial charge in [0.1, 0.15) is 11.8 Å². The molecule has 0 aromatic heterocycles. The zero-order valence-corrected chi connectivity index (χ0v) is 12.9. The summed E-state index contributed by atoms with van der Waals surface area (Å²) in [5, 5.41) is 3.97. The van der Waals surface area contributed by atoms with E-state index < -0.39 is 0 Å². The Balaban J connectivity index is 1.64. The number of Topliss-reactive ketones (excluding diaryl/α,β-unsaturated/α-hetero) is 1. The van der Waals surface area contributed by atoms with Crippen molar-refractivity contribution in [3.8, 4) is 0 Å². The van der Waals surface area contributed by atoms with Gasteiger partial charge < -0.3 is 4.84 Å². The monoisotopic (exact) mass is 343 g/mol. The smallest absolute Gasteiger partial charge is 0.210 e. The van der Waals surface area contributed by atoms with Crippen LogP contribution in [0.2, 0.25) is 0 Å². The fourth-order valence-corrected chi connectivity index (χ4v) is 2.58. The highest BCUT2D eigenvalue weighted by Crippen LogP contribution is 2.19. The highest BCUT2D eigenvalue weighted by atomic mass is 79.9. The quantitative estimate of drug-likeness (QED) is 0.786. The molecule has 1 atom stereocenters. The molecular formula is C17H14BrNO2. The number of hydrogen-bond acceptors (Lipinski definition) is 3. The van der Waals surface area contributed by atoms with Crippen LogP contribution in [0.5, 0.6) is 0 Å². The summed E-state index contributed by atoms with van der Waals surface area (Å²) in [5.41, 5.74) is 2.33. The van der Waals surface area contributed by atoms with Gasteiger partial charge in [0.15, 0.2) is 0 Å². The predicted octanol–water partition coefficient (Wildman–Crippen LogP) is 4.02. The molecule has 0 amide bonds. The summed E-state index contributed by atoms with van der Waals surface area (Å²) in [6, 6.07) is 17.4. The summed E-state index contributed by atoms with van der Waals surface area (Å²) < 4.78 is 0.950. The number of ketones is 1. The van der Waals surface area contributed by atoms with Crippen LogP contribution < -0.4 is 0 Å². The Morgan fingerprint density at radius 3 is 2.57 bits per heavy atom. The highest BCUT2D eigenvalue weighted by molar-refractivity contribution is 9.10. The largest absolute Gasteiger partial charge is 0.391 e. The maximum atomic E-state index is 12.3. The first-order valence-electron chi connectivity index (χ1n) is 6.79. The number of carbonyl (C=O) groups is 1. The summed E-state index contributed by atoms with van der Waals surface area (Å²) >= 11 is 3.36. The molecule has 0 aliphatic carbocycles. The summed E-state index contributed by atoms with van der Waals surface area (Å²) in [6.45, 7) is 0. The molecule has 2 aromatic rings. The first-order valence-corrected chi connectivity index (χ1v) is 7.58. The van der Waals surface area contributed by atoms with Gasteiger partial charge in [0.05, 0.1) is 0 Å². The molecule has 3 rings (SSSR count). The zero-order valence-electron chi connectivity index (χ0n) is 11.3. The van der Waals surface area contributed by atoms with Crippen molar-refractivity contribution in [2.24, 2.45) is 5.16 Å². The molecule has 1 unspecified atom stereocenters. The third kappa shape index (κ3) is 3.39. The topological polar surface area (TPSA) is 38.7 Å². The van der Waals surface area contributed by atoms with Crippen molar-refractivity contribution < 1.29 is 9.63 Å². The molecule has 0 radical (unpaired) electrons. The lowest BCUT2D eigenvalue weighted by atomic mass is 9.99. The predicted molar refractivity (Wildman–Crippen MR) is 85.5 cm³/mol. The van der Waals surface area contributed by atoms with Gasteiger partial charge in [0.25, 0.3) is 0 Å². The molecule has 0 saturated carbocycles. The minimum absolute atomic E-state index is 0.0539. The average Bonchev–Trinajstić information content (AvgIpc) is 2.97. The van der Waals surface area contributed by atoms with Crippen molar-refractivity contribution >= 4 is 27.4 Å². The van der Waals surface area contributed by atoms with E-state index in [1.807, 2.05) is 30.3 Å². The van der Waals surface area contributed by atoms with E-state index in [4.69, 9.17) is 4.84 Å². The second kappa shape index (κ2) is 6.22. The number of halogens is 1. The molecule has 2 aromatic carbocycles. The zero-order chi connectivity index (χ0) is 14.7. The van der Waals surface area contributed by atoms with Crippen molar-refractivity contribution in [3.05, 3.63) is 70.2 Å².